The Bertz CT molecular complexity index is 368. The van der Waals surface area contributed by atoms with Gasteiger partial charge in [-0.25, -0.2) is 4.39 Å². The van der Waals surface area contributed by atoms with Crippen LogP contribution in [0.5, 0.6) is 0 Å². The smallest absolute Gasteiger partial charge is 0.126 e. The molecule has 0 saturated carbocycles. The van der Waals surface area contributed by atoms with Crippen LogP contribution >= 0.6 is 0 Å². The van der Waals surface area contributed by atoms with E-state index in [-0.39, 0.29) is 5.82 Å². The lowest BCUT2D eigenvalue weighted by Crippen LogP contribution is -2.22. The van der Waals surface area contributed by atoms with Gasteiger partial charge in [0.1, 0.15) is 5.82 Å². The highest BCUT2D eigenvalue weighted by molar-refractivity contribution is 5.24. The lowest BCUT2D eigenvalue weighted by Gasteiger charge is -2.18. The minimum absolute atomic E-state index is 0.245. The Morgan fingerprint density at radius 3 is 2.67 bits per heavy atom. The van der Waals surface area contributed by atoms with Crippen LogP contribution in [-0.2, 0) is 0 Å². The van der Waals surface area contributed by atoms with Crippen LogP contribution < -0.4 is 0 Å². The van der Waals surface area contributed by atoms with Crippen LogP contribution in [0.3, 0.4) is 0 Å². The van der Waals surface area contributed by atoms with Crippen LogP contribution in [0, 0.1) is 12.7 Å². The standard InChI is InChI=1S/C15H24FNO/c1-4-5-9-17(3)10-8-15(18)13-7-6-12(2)14(16)11-13/h6-7,11,15,18H,4-5,8-10H2,1-3H3. The van der Waals surface area contributed by atoms with Crippen molar-refractivity contribution in [2.45, 2.75) is 39.2 Å². The van der Waals surface area contributed by atoms with Gasteiger partial charge in [0, 0.05) is 6.54 Å². The molecule has 102 valence electrons. The highest BCUT2D eigenvalue weighted by atomic mass is 19.1. The Kier molecular flexibility index (Phi) is 6.30. The molecule has 0 aliphatic rings. The first-order valence-corrected chi connectivity index (χ1v) is 6.67. The van der Waals surface area contributed by atoms with E-state index in [0.717, 1.165) is 13.1 Å². The van der Waals surface area contributed by atoms with Crippen molar-refractivity contribution in [2.75, 3.05) is 20.1 Å². The van der Waals surface area contributed by atoms with Crippen molar-refractivity contribution in [3.63, 3.8) is 0 Å². The molecular formula is C15H24FNO. The maximum absolute atomic E-state index is 13.4. The van der Waals surface area contributed by atoms with Crippen molar-refractivity contribution in [2.24, 2.45) is 0 Å². The van der Waals surface area contributed by atoms with Gasteiger partial charge < -0.3 is 10.0 Å². The molecule has 0 heterocycles. The van der Waals surface area contributed by atoms with Gasteiger partial charge in [-0.05, 0) is 50.6 Å². The molecule has 0 radical (unpaired) electrons. The van der Waals surface area contributed by atoms with Crippen molar-refractivity contribution in [1.82, 2.24) is 4.90 Å². The van der Waals surface area contributed by atoms with E-state index in [0.29, 0.717) is 17.5 Å². The van der Waals surface area contributed by atoms with Crippen LogP contribution in [-0.4, -0.2) is 30.1 Å². The van der Waals surface area contributed by atoms with Gasteiger partial charge >= 0.3 is 0 Å². The zero-order valence-corrected chi connectivity index (χ0v) is 11.6. The van der Waals surface area contributed by atoms with Gasteiger partial charge in [-0.3, -0.25) is 0 Å². The van der Waals surface area contributed by atoms with E-state index in [1.54, 1.807) is 19.1 Å². The molecule has 0 spiro atoms. The number of aryl methyl sites for hydroxylation is 1. The molecule has 0 aliphatic heterocycles. The Balaban J connectivity index is 2.44. The fraction of sp³-hybridized carbons (Fsp3) is 0.600. The van der Waals surface area contributed by atoms with Crippen molar-refractivity contribution in [1.29, 1.82) is 0 Å². The van der Waals surface area contributed by atoms with Crippen LogP contribution in [0.15, 0.2) is 18.2 Å². The van der Waals surface area contributed by atoms with Gasteiger partial charge in [-0.1, -0.05) is 25.5 Å². The Morgan fingerprint density at radius 1 is 1.33 bits per heavy atom. The van der Waals surface area contributed by atoms with E-state index in [1.807, 2.05) is 0 Å². The molecule has 0 bridgehead atoms. The highest BCUT2D eigenvalue weighted by Crippen LogP contribution is 2.19. The molecule has 0 amide bonds. The molecule has 0 aliphatic carbocycles. The number of unbranched alkanes of at least 4 members (excludes halogenated alkanes) is 1. The minimum Gasteiger partial charge on any atom is -0.388 e. The fourth-order valence-corrected chi connectivity index (χ4v) is 1.87. The van der Waals surface area contributed by atoms with Crippen LogP contribution in [0.2, 0.25) is 0 Å². The second-order valence-corrected chi connectivity index (χ2v) is 4.97. The van der Waals surface area contributed by atoms with E-state index >= 15 is 0 Å². The second-order valence-electron chi connectivity index (χ2n) is 4.97. The Labute approximate surface area is 109 Å². The normalized spacial score (nSPS) is 13.0. The largest absolute Gasteiger partial charge is 0.388 e. The summed E-state index contributed by atoms with van der Waals surface area (Å²) in [6.45, 7) is 5.77. The summed E-state index contributed by atoms with van der Waals surface area (Å²) in [5.41, 5.74) is 1.29. The lowest BCUT2D eigenvalue weighted by atomic mass is 10.0. The zero-order chi connectivity index (χ0) is 13.5. The number of hydrogen-bond donors (Lipinski definition) is 1. The van der Waals surface area contributed by atoms with Crippen LogP contribution in [0.1, 0.15) is 43.4 Å². The molecule has 0 fully saturated rings. The SMILES string of the molecule is CCCCN(C)CCC(O)c1ccc(C)c(F)c1. The zero-order valence-electron chi connectivity index (χ0n) is 11.6. The van der Waals surface area contributed by atoms with Crippen molar-refractivity contribution < 1.29 is 9.50 Å². The quantitative estimate of drug-likeness (QED) is 0.806. The molecule has 1 aromatic carbocycles. The van der Waals surface area contributed by atoms with Gasteiger partial charge in [-0.2, -0.15) is 0 Å². The lowest BCUT2D eigenvalue weighted by molar-refractivity contribution is 0.148. The summed E-state index contributed by atoms with van der Waals surface area (Å²) in [6, 6.07) is 4.95. The van der Waals surface area contributed by atoms with Crippen LogP contribution in [0.25, 0.3) is 0 Å². The summed E-state index contributed by atoms with van der Waals surface area (Å²) in [4.78, 5) is 2.21. The molecular weight excluding hydrogens is 229 g/mol. The fourth-order valence-electron chi connectivity index (χ4n) is 1.87. The number of nitrogens with zero attached hydrogens (tertiary/aromatic N) is 1. The summed E-state index contributed by atoms with van der Waals surface area (Å²) in [5.74, 6) is -0.245. The minimum atomic E-state index is -0.579. The summed E-state index contributed by atoms with van der Waals surface area (Å²) in [5, 5.41) is 10.0. The third kappa shape index (κ3) is 4.75. The number of hydrogen-bond acceptors (Lipinski definition) is 2. The average molecular weight is 253 g/mol. The first-order chi connectivity index (χ1) is 8.54. The second kappa shape index (κ2) is 7.49. The predicted octanol–water partition coefficient (Wildman–Crippen LogP) is 3.29. The van der Waals surface area contributed by atoms with Crippen LogP contribution in [0.4, 0.5) is 4.39 Å². The molecule has 2 nitrogen and oxygen atoms in total. The van der Waals surface area contributed by atoms with E-state index in [4.69, 9.17) is 0 Å². The molecule has 1 atom stereocenters. The summed E-state index contributed by atoms with van der Waals surface area (Å²) < 4.78 is 13.4. The number of benzene rings is 1. The average Bonchev–Trinajstić information content (AvgIpc) is 2.36. The molecule has 1 unspecified atom stereocenters. The first-order valence-electron chi connectivity index (χ1n) is 6.67. The van der Waals surface area contributed by atoms with E-state index < -0.39 is 6.10 Å². The molecule has 0 saturated heterocycles. The number of aliphatic hydroxyl groups excluding tert-OH is 1. The Hall–Kier alpha value is -0.930. The number of halogens is 1. The molecule has 1 rings (SSSR count). The van der Waals surface area contributed by atoms with E-state index in [1.165, 1.54) is 18.9 Å². The third-order valence-electron chi connectivity index (χ3n) is 3.26. The summed E-state index contributed by atoms with van der Waals surface area (Å²) >= 11 is 0. The van der Waals surface area contributed by atoms with Crippen molar-refractivity contribution in [3.05, 3.63) is 35.1 Å². The maximum atomic E-state index is 13.4. The molecule has 18 heavy (non-hydrogen) atoms. The van der Waals surface area contributed by atoms with Crippen molar-refractivity contribution >= 4 is 0 Å². The van der Waals surface area contributed by atoms with Gasteiger partial charge in [0.15, 0.2) is 0 Å². The molecule has 3 heteroatoms. The third-order valence-corrected chi connectivity index (χ3v) is 3.26. The summed E-state index contributed by atoms with van der Waals surface area (Å²) in [7, 11) is 2.05. The first kappa shape index (κ1) is 15.1. The molecule has 1 aromatic rings. The van der Waals surface area contributed by atoms with E-state index in [2.05, 4.69) is 18.9 Å². The van der Waals surface area contributed by atoms with Gasteiger partial charge in [-0.15, -0.1) is 0 Å². The number of rotatable bonds is 7. The molecule has 1 N–H and O–H groups in total. The predicted molar refractivity (Wildman–Crippen MR) is 73.1 cm³/mol. The van der Waals surface area contributed by atoms with Gasteiger partial charge in [0.2, 0.25) is 0 Å². The van der Waals surface area contributed by atoms with E-state index in [9.17, 15) is 9.50 Å². The number of aliphatic hydroxyl groups is 1. The van der Waals surface area contributed by atoms with Gasteiger partial charge in [0.25, 0.3) is 0 Å². The van der Waals surface area contributed by atoms with Crippen molar-refractivity contribution in [3.8, 4) is 0 Å². The monoisotopic (exact) mass is 253 g/mol. The maximum Gasteiger partial charge on any atom is 0.126 e. The highest BCUT2D eigenvalue weighted by Gasteiger charge is 2.10. The molecule has 0 aromatic heterocycles. The topological polar surface area (TPSA) is 23.5 Å². The summed E-state index contributed by atoms with van der Waals surface area (Å²) in [6.07, 6.45) is 2.41. The Morgan fingerprint density at radius 2 is 2.06 bits per heavy atom. The van der Waals surface area contributed by atoms with Gasteiger partial charge in [0.05, 0.1) is 6.10 Å².